The summed E-state index contributed by atoms with van der Waals surface area (Å²) in [5.74, 6) is 1.14. The first-order valence-corrected chi connectivity index (χ1v) is 7.16. The molecule has 4 aromatic rings. The van der Waals surface area contributed by atoms with Crippen LogP contribution in [-0.2, 0) is 0 Å². The summed E-state index contributed by atoms with van der Waals surface area (Å²) in [5, 5.41) is 9.33. The molecule has 0 radical (unpaired) electrons. The molecule has 0 bridgehead atoms. The molecule has 2 aromatic heterocycles. The Labute approximate surface area is 132 Å². The lowest BCUT2D eigenvalue weighted by molar-refractivity contribution is 0.112. The molecule has 0 atom stereocenters. The van der Waals surface area contributed by atoms with Crippen molar-refractivity contribution in [1.82, 2.24) is 19.6 Å². The van der Waals surface area contributed by atoms with Gasteiger partial charge >= 0.3 is 0 Å². The van der Waals surface area contributed by atoms with Crippen LogP contribution in [0.5, 0.6) is 0 Å². The summed E-state index contributed by atoms with van der Waals surface area (Å²) < 4.78 is 1.86. The fourth-order valence-corrected chi connectivity index (χ4v) is 2.62. The molecule has 6 nitrogen and oxygen atoms in total. The van der Waals surface area contributed by atoms with Crippen LogP contribution in [0.2, 0.25) is 0 Å². The third-order valence-corrected chi connectivity index (χ3v) is 3.82. The van der Waals surface area contributed by atoms with E-state index in [9.17, 15) is 4.79 Å². The minimum Gasteiger partial charge on any atom is -0.313 e. The Morgan fingerprint density at radius 2 is 1.91 bits per heavy atom. The lowest BCUT2D eigenvalue weighted by Gasteiger charge is -2.17. The second-order valence-corrected chi connectivity index (χ2v) is 5.22. The van der Waals surface area contributed by atoms with Crippen LogP contribution in [-0.4, -0.2) is 32.9 Å². The molecule has 4 rings (SSSR count). The van der Waals surface area contributed by atoms with Crippen molar-refractivity contribution >= 4 is 34.6 Å². The lowest BCUT2D eigenvalue weighted by Crippen LogP contribution is -2.13. The zero-order valence-electron chi connectivity index (χ0n) is 12.4. The molecule has 23 heavy (non-hydrogen) atoms. The molecule has 0 spiro atoms. The second-order valence-electron chi connectivity index (χ2n) is 5.22. The number of hydrogen-bond acceptors (Lipinski definition) is 5. The maximum Gasteiger partial charge on any atom is 0.256 e. The maximum atomic E-state index is 11.1. The Bertz CT molecular complexity index is 1010. The molecule has 0 aliphatic rings. The van der Waals surface area contributed by atoms with Crippen LogP contribution in [0.4, 0.5) is 11.6 Å². The van der Waals surface area contributed by atoms with Crippen LogP contribution in [0.15, 0.2) is 54.7 Å². The van der Waals surface area contributed by atoms with Gasteiger partial charge in [0.1, 0.15) is 6.29 Å². The van der Waals surface area contributed by atoms with Gasteiger partial charge in [-0.3, -0.25) is 4.79 Å². The van der Waals surface area contributed by atoms with E-state index in [1.54, 1.807) is 12.3 Å². The van der Waals surface area contributed by atoms with Crippen molar-refractivity contribution in [2.45, 2.75) is 0 Å². The summed E-state index contributed by atoms with van der Waals surface area (Å²) in [6.07, 6.45) is 2.57. The largest absolute Gasteiger partial charge is 0.313 e. The number of rotatable bonds is 3. The number of benzene rings is 2. The van der Waals surface area contributed by atoms with Gasteiger partial charge in [0.05, 0.1) is 5.52 Å². The number of carbonyl (C=O) groups excluding carboxylic acids is 1. The van der Waals surface area contributed by atoms with E-state index >= 15 is 0 Å². The molecule has 0 saturated heterocycles. The normalized spacial score (nSPS) is 11.0. The molecule has 0 unspecified atom stereocenters. The summed E-state index contributed by atoms with van der Waals surface area (Å²) in [4.78, 5) is 17.4. The Hall–Kier alpha value is -3.28. The summed E-state index contributed by atoms with van der Waals surface area (Å²) in [6.45, 7) is 0. The zero-order valence-corrected chi connectivity index (χ0v) is 12.4. The van der Waals surface area contributed by atoms with Crippen molar-refractivity contribution in [3.63, 3.8) is 0 Å². The highest BCUT2D eigenvalue weighted by molar-refractivity contribution is 5.88. The molecule has 0 aliphatic carbocycles. The van der Waals surface area contributed by atoms with Gasteiger partial charge in [0.2, 0.25) is 5.95 Å². The summed E-state index contributed by atoms with van der Waals surface area (Å²) in [5.41, 5.74) is 2.44. The molecule has 0 aliphatic heterocycles. The van der Waals surface area contributed by atoms with E-state index in [4.69, 9.17) is 0 Å². The monoisotopic (exact) mass is 303 g/mol. The van der Waals surface area contributed by atoms with Gasteiger partial charge in [-0.1, -0.05) is 30.3 Å². The second kappa shape index (κ2) is 5.17. The van der Waals surface area contributed by atoms with Crippen molar-refractivity contribution in [2.75, 3.05) is 11.9 Å². The molecule has 0 amide bonds. The molecular formula is C17H13N5O. The predicted octanol–water partition coefficient (Wildman–Crippen LogP) is 2.86. The molecule has 0 saturated carbocycles. The first kappa shape index (κ1) is 13.4. The molecule has 112 valence electrons. The topological polar surface area (TPSA) is 63.4 Å². The van der Waals surface area contributed by atoms with Gasteiger partial charge in [-0.05, 0) is 18.2 Å². The average Bonchev–Trinajstić information content (AvgIpc) is 3.06. The van der Waals surface area contributed by atoms with Gasteiger partial charge in [-0.25, -0.2) is 9.38 Å². The predicted molar refractivity (Wildman–Crippen MR) is 88.2 cm³/mol. The minimum atomic E-state index is 0.498. The van der Waals surface area contributed by atoms with Crippen LogP contribution in [0, 0.1) is 0 Å². The van der Waals surface area contributed by atoms with E-state index in [0.29, 0.717) is 17.3 Å². The van der Waals surface area contributed by atoms with Gasteiger partial charge in [0, 0.05) is 29.9 Å². The smallest absolute Gasteiger partial charge is 0.256 e. The Morgan fingerprint density at radius 3 is 2.70 bits per heavy atom. The standard InChI is InChI=1S/C17H13N5O/c1-21(14-5-3-2-4-6-14)17-20-19-16-18-10-13-8-7-12(11-23)9-15(13)22(16)17/h2-11H,1H3. The van der Waals surface area contributed by atoms with E-state index in [1.165, 1.54) is 0 Å². The van der Waals surface area contributed by atoms with Gasteiger partial charge < -0.3 is 4.90 Å². The van der Waals surface area contributed by atoms with Crippen molar-refractivity contribution in [3.8, 4) is 0 Å². The minimum absolute atomic E-state index is 0.498. The van der Waals surface area contributed by atoms with Crippen molar-refractivity contribution in [3.05, 3.63) is 60.3 Å². The number of nitrogens with zero attached hydrogens (tertiary/aromatic N) is 5. The van der Waals surface area contributed by atoms with E-state index in [2.05, 4.69) is 15.2 Å². The Morgan fingerprint density at radius 1 is 1.09 bits per heavy atom. The SMILES string of the molecule is CN(c1ccccc1)c1nnc2ncc3ccc(C=O)cc3n12. The highest BCUT2D eigenvalue weighted by Gasteiger charge is 2.15. The third-order valence-electron chi connectivity index (χ3n) is 3.82. The number of carbonyl (C=O) groups is 1. The molecule has 2 aromatic carbocycles. The van der Waals surface area contributed by atoms with E-state index in [1.807, 2.05) is 58.8 Å². The Balaban J connectivity index is 2.00. The summed E-state index contributed by atoms with van der Waals surface area (Å²) >= 11 is 0. The molecule has 0 N–H and O–H groups in total. The van der Waals surface area contributed by atoms with Crippen LogP contribution in [0.25, 0.3) is 16.7 Å². The molecule has 6 heteroatoms. The quantitative estimate of drug-likeness (QED) is 0.545. The number of anilines is 2. The summed E-state index contributed by atoms with van der Waals surface area (Å²) in [7, 11) is 1.92. The fourth-order valence-electron chi connectivity index (χ4n) is 2.62. The fraction of sp³-hybridized carbons (Fsp3) is 0.0588. The number of fused-ring (bicyclic) bond motifs is 3. The maximum absolute atomic E-state index is 11.1. The zero-order chi connectivity index (χ0) is 15.8. The van der Waals surface area contributed by atoms with Crippen LogP contribution in [0.1, 0.15) is 10.4 Å². The van der Waals surface area contributed by atoms with Gasteiger partial charge in [0.25, 0.3) is 5.78 Å². The van der Waals surface area contributed by atoms with Crippen molar-refractivity contribution < 1.29 is 4.79 Å². The van der Waals surface area contributed by atoms with Crippen molar-refractivity contribution in [1.29, 1.82) is 0 Å². The van der Waals surface area contributed by atoms with Gasteiger partial charge in [0.15, 0.2) is 0 Å². The van der Waals surface area contributed by atoms with Crippen molar-refractivity contribution in [2.24, 2.45) is 0 Å². The van der Waals surface area contributed by atoms with Gasteiger partial charge in [-0.15, -0.1) is 10.2 Å². The van der Waals surface area contributed by atoms with Crippen LogP contribution in [0.3, 0.4) is 0 Å². The number of para-hydroxylation sites is 1. The molecule has 0 fully saturated rings. The van der Waals surface area contributed by atoms with Crippen LogP contribution < -0.4 is 4.90 Å². The lowest BCUT2D eigenvalue weighted by atomic mass is 10.2. The van der Waals surface area contributed by atoms with E-state index < -0.39 is 0 Å². The summed E-state index contributed by atoms with van der Waals surface area (Å²) in [6, 6.07) is 15.4. The third kappa shape index (κ3) is 2.12. The Kier molecular flexibility index (Phi) is 3.01. The first-order valence-electron chi connectivity index (χ1n) is 7.16. The molecule has 2 heterocycles. The molecular weight excluding hydrogens is 290 g/mol. The highest BCUT2D eigenvalue weighted by atomic mass is 16.1. The highest BCUT2D eigenvalue weighted by Crippen LogP contribution is 2.25. The average molecular weight is 303 g/mol. The first-order chi connectivity index (χ1) is 11.3. The van der Waals surface area contributed by atoms with E-state index in [-0.39, 0.29) is 0 Å². The van der Waals surface area contributed by atoms with Gasteiger partial charge in [-0.2, -0.15) is 0 Å². The van der Waals surface area contributed by atoms with Crippen LogP contribution >= 0.6 is 0 Å². The number of aromatic nitrogens is 4. The number of hydrogen-bond donors (Lipinski definition) is 0. The number of aldehydes is 1. The van der Waals surface area contributed by atoms with E-state index in [0.717, 1.165) is 22.9 Å².